The first-order valence-corrected chi connectivity index (χ1v) is 11.1. The minimum atomic E-state index is -1.27. The van der Waals surface area contributed by atoms with E-state index < -0.39 is 35.9 Å². The molecule has 1 aromatic heterocycles. The summed E-state index contributed by atoms with van der Waals surface area (Å²) in [7, 11) is 3.38. The van der Waals surface area contributed by atoms with Crippen molar-refractivity contribution >= 4 is 22.8 Å². The van der Waals surface area contributed by atoms with E-state index in [1.54, 1.807) is 31.2 Å². The number of amides is 1. The minimum Gasteiger partial charge on any atom is -0.497 e. The van der Waals surface area contributed by atoms with Gasteiger partial charge in [-0.05, 0) is 36.2 Å². The summed E-state index contributed by atoms with van der Waals surface area (Å²) in [6, 6.07) is 10.9. The Labute approximate surface area is 197 Å². The number of nitrogens with zero attached hydrogens (tertiary/aromatic N) is 3. The first-order chi connectivity index (χ1) is 16.3. The Kier molecular flexibility index (Phi) is 6.28. The molecule has 0 saturated carbocycles. The predicted molar refractivity (Wildman–Crippen MR) is 125 cm³/mol. The second kappa shape index (κ2) is 9.17. The van der Waals surface area contributed by atoms with Crippen LogP contribution >= 0.6 is 0 Å². The highest BCUT2D eigenvalue weighted by Gasteiger charge is 2.61. The Bertz CT molecular complexity index is 1240. The minimum absolute atomic E-state index is 0.0969. The molecule has 1 aliphatic rings. The van der Waals surface area contributed by atoms with Gasteiger partial charge < -0.3 is 18.9 Å². The number of likely N-dealkylation sites (tertiary alicyclic amines) is 1. The molecule has 34 heavy (non-hydrogen) atoms. The summed E-state index contributed by atoms with van der Waals surface area (Å²) >= 11 is 0. The van der Waals surface area contributed by atoms with Crippen molar-refractivity contribution in [3.8, 4) is 5.75 Å². The van der Waals surface area contributed by atoms with Gasteiger partial charge >= 0.3 is 5.97 Å². The Morgan fingerprint density at radius 2 is 1.79 bits per heavy atom. The fourth-order valence-corrected chi connectivity index (χ4v) is 5.17. The standard InChI is InChI=1S/C25H27N3O6/c1-5-34-25(30)24-21(19-14-26(3)20-9-7-6-8-18(19)20)23(28(31)32)22(27(24)15(2)29)16-10-12-17(33-4)13-11-16/h6-14,21-24H,5H2,1-4H3/t21-,22+,23-,24+/m1/s1. The van der Waals surface area contributed by atoms with Crippen LogP contribution in [-0.4, -0.2) is 52.1 Å². The van der Waals surface area contributed by atoms with Gasteiger partial charge in [-0.2, -0.15) is 0 Å². The summed E-state index contributed by atoms with van der Waals surface area (Å²) in [5, 5.41) is 13.4. The first-order valence-electron chi connectivity index (χ1n) is 11.1. The summed E-state index contributed by atoms with van der Waals surface area (Å²) < 4.78 is 12.4. The van der Waals surface area contributed by atoms with Crippen LogP contribution in [0.3, 0.4) is 0 Å². The molecule has 0 spiro atoms. The summed E-state index contributed by atoms with van der Waals surface area (Å²) in [5.41, 5.74) is 2.07. The van der Waals surface area contributed by atoms with Gasteiger partial charge in [0, 0.05) is 36.0 Å². The smallest absolute Gasteiger partial charge is 0.329 e. The number of aryl methyl sites for hydroxylation is 1. The van der Waals surface area contributed by atoms with E-state index in [1.165, 1.54) is 18.9 Å². The molecular weight excluding hydrogens is 438 g/mol. The van der Waals surface area contributed by atoms with Crippen molar-refractivity contribution in [2.75, 3.05) is 13.7 Å². The van der Waals surface area contributed by atoms with Gasteiger partial charge in [-0.1, -0.05) is 30.3 Å². The molecule has 0 radical (unpaired) electrons. The zero-order valence-corrected chi connectivity index (χ0v) is 19.5. The second-order valence-corrected chi connectivity index (χ2v) is 8.36. The number of fused-ring (bicyclic) bond motifs is 1. The lowest BCUT2D eigenvalue weighted by molar-refractivity contribution is -0.528. The summed E-state index contributed by atoms with van der Waals surface area (Å²) in [5.74, 6) is -1.41. The third-order valence-electron chi connectivity index (χ3n) is 6.51. The quantitative estimate of drug-likeness (QED) is 0.314. The zero-order valence-electron chi connectivity index (χ0n) is 19.5. The first kappa shape index (κ1) is 23.3. The largest absolute Gasteiger partial charge is 0.497 e. The molecule has 2 aromatic carbocycles. The Hall–Kier alpha value is -3.88. The number of methoxy groups -OCH3 is 1. The van der Waals surface area contributed by atoms with Gasteiger partial charge in [0.25, 0.3) is 0 Å². The molecule has 1 fully saturated rings. The molecule has 178 valence electrons. The average Bonchev–Trinajstić information content (AvgIpc) is 3.35. The maximum absolute atomic E-state index is 13.3. The summed E-state index contributed by atoms with van der Waals surface area (Å²) in [4.78, 5) is 39.8. The lowest BCUT2D eigenvalue weighted by atomic mass is 9.85. The number of benzene rings is 2. The molecule has 4 rings (SSSR count). The van der Waals surface area contributed by atoms with Crippen LogP contribution in [0.15, 0.2) is 54.7 Å². The van der Waals surface area contributed by atoms with Crippen molar-refractivity contribution < 1.29 is 24.0 Å². The van der Waals surface area contributed by atoms with Crippen LogP contribution < -0.4 is 4.74 Å². The van der Waals surface area contributed by atoms with Gasteiger partial charge in [-0.3, -0.25) is 14.9 Å². The number of hydrogen-bond acceptors (Lipinski definition) is 6. The van der Waals surface area contributed by atoms with Crippen molar-refractivity contribution in [1.29, 1.82) is 0 Å². The molecular formula is C25H27N3O6. The predicted octanol–water partition coefficient (Wildman–Crippen LogP) is 3.45. The Morgan fingerprint density at radius 3 is 2.38 bits per heavy atom. The number of nitro groups is 1. The number of aromatic nitrogens is 1. The van der Waals surface area contributed by atoms with Crippen molar-refractivity contribution in [3.63, 3.8) is 0 Å². The lowest BCUT2D eigenvalue weighted by Crippen LogP contribution is -2.43. The summed E-state index contributed by atoms with van der Waals surface area (Å²) in [6.45, 7) is 3.09. The van der Waals surface area contributed by atoms with Crippen LogP contribution in [-0.2, 0) is 21.4 Å². The molecule has 0 N–H and O–H groups in total. The third-order valence-corrected chi connectivity index (χ3v) is 6.51. The van der Waals surface area contributed by atoms with Crippen LogP contribution in [0, 0.1) is 10.1 Å². The molecule has 1 aliphatic heterocycles. The molecule has 0 unspecified atom stereocenters. The van der Waals surface area contributed by atoms with Crippen molar-refractivity contribution in [2.24, 2.45) is 7.05 Å². The highest BCUT2D eigenvalue weighted by molar-refractivity contribution is 5.90. The zero-order chi connectivity index (χ0) is 24.6. The molecule has 0 bridgehead atoms. The van der Waals surface area contributed by atoms with E-state index >= 15 is 0 Å². The fraction of sp³-hybridized carbons (Fsp3) is 0.360. The molecule has 4 atom stereocenters. The number of hydrogen-bond donors (Lipinski definition) is 0. The van der Waals surface area contributed by atoms with Crippen LogP contribution in [0.4, 0.5) is 0 Å². The average molecular weight is 466 g/mol. The number of rotatable bonds is 6. The van der Waals surface area contributed by atoms with E-state index in [4.69, 9.17) is 9.47 Å². The summed E-state index contributed by atoms with van der Waals surface area (Å²) in [6.07, 6.45) is 1.81. The number of carbonyl (C=O) groups excluding carboxylic acids is 2. The van der Waals surface area contributed by atoms with Gasteiger partial charge in [0.1, 0.15) is 17.8 Å². The van der Waals surface area contributed by atoms with E-state index in [0.717, 1.165) is 10.9 Å². The molecule has 1 saturated heterocycles. The van der Waals surface area contributed by atoms with Gasteiger partial charge in [-0.15, -0.1) is 0 Å². The van der Waals surface area contributed by atoms with Crippen LogP contribution in [0.2, 0.25) is 0 Å². The molecule has 2 heterocycles. The number of carbonyl (C=O) groups is 2. The second-order valence-electron chi connectivity index (χ2n) is 8.36. The van der Waals surface area contributed by atoms with Crippen molar-refractivity contribution in [1.82, 2.24) is 9.47 Å². The van der Waals surface area contributed by atoms with Crippen LogP contribution in [0.25, 0.3) is 10.9 Å². The fourth-order valence-electron chi connectivity index (χ4n) is 5.17. The van der Waals surface area contributed by atoms with E-state index in [0.29, 0.717) is 16.9 Å². The maximum Gasteiger partial charge on any atom is 0.329 e. The van der Waals surface area contributed by atoms with Gasteiger partial charge in [0.2, 0.25) is 11.9 Å². The topological polar surface area (TPSA) is 104 Å². The van der Waals surface area contributed by atoms with Gasteiger partial charge in [0.15, 0.2) is 0 Å². The monoisotopic (exact) mass is 465 g/mol. The van der Waals surface area contributed by atoms with Crippen LogP contribution in [0.5, 0.6) is 5.75 Å². The van der Waals surface area contributed by atoms with Crippen molar-refractivity contribution in [3.05, 3.63) is 76.0 Å². The van der Waals surface area contributed by atoms with E-state index in [1.807, 2.05) is 42.1 Å². The maximum atomic E-state index is 13.3. The normalized spacial score (nSPS) is 22.1. The molecule has 9 heteroatoms. The number of ether oxygens (including phenoxy) is 2. The third kappa shape index (κ3) is 3.76. The van der Waals surface area contributed by atoms with Crippen LogP contribution in [0.1, 0.15) is 36.9 Å². The Morgan fingerprint density at radius 1 is 1.12 bits per heavy atom. The molecule has 0 aliphatic carbocycles. The molecule has 9 nitrogen and oxygen atoms in total. The number of esters is 1. The van der Waals surface area contributed by atoms with Gasteiger partial charge in [0.05, 0.1) is 19.6 Å². The number of para-hydroxylation sites is 1. The highest BCUT2D eigenvalue weighted by atomic mass is 16.6. The Balaban J connectivity index is 1.98. The van der Waals surface area contributed by atoms with E-state index in [9.17, 15) is 19.7 Å². The highest BCUT2D eigenvalue weighted by Crippen LogP contribution is 2.49. The van der Waals surface area contributed by atoms with E-state index in [2.05, 4.69) is 0 Å². The lowest BCUT2D eigenvalue weighted by Gasteiger charge is -2.28. The molecule has 3 aromatic rings. The van der Waals surface area contributed by atoms with Crippen molar-refractivity contribution in [2.45, 2.75) is 37.9 Å². The SMILES string of the molecule is CCOC(=O)[C@@H]1[C@H](c2cn(C)c3ccccc23)[C@@H]([N+](=O)[O-])[C@H](c2ccc(OC)cc2)N1C(C)=O. The van der Waals surface area contributed by atoms with E-state index in [-0.39, 0.29) is 11.5 Å². The molecule has 1 amide bonds. The van der Waals surface area contributed by atoms with Gasteiger partial charge in [-0.25, -0.2) is 4.79 Å².